The zero-order valence-corrected chi connectivity index (χ0v) is 18.9. The molecule has 0 bridgehead atoms. The summed E-state index contributed by atoms with van der Waals surface area (Å²) in [5.74, 6) is 2.71. The number of allylic oxidation sites excluding steroid dienone is 1. The van der Waals surface area contributed by atoms with Gasteiger partial charge in [-0.15, -0.1) is 0 Å². The van der Waals surface area contributed by atoms with E-state index in [0.717, 1.165) is 28.1 Å². The minimum atomic E-state index is 0.671. The third kappa shape index (κ3) is 4.06. The van der Waals surface area contributed by atoms with Gasteiger partial charge in [0.2, 0.25) is 0 Å². The van der Waals surface area contributed by atoms with E-state index in [1.165, 1.54) is 0 Å². The predicted molar refractivity (Wildman–Crippen MR) is 120 cm³/mol. The number of ether oxygens (including phenoxy) is 4. The van der Waals surface area contributed by atoms with Crippen LogP contribution in [0.15, 0.2) is 30.3 Å². The van der Waals surface area contributed by atoms with Crippen LogP contribution in [0.4, 0.5) is 11.4 Å². The van der Waals surface area contributed by atoms with Gasteiger partial charge in [-0.05, 0) is 36.8 Å². The minimum Gasteiger partial charge on any atom is -0.492 e. The van der Waals surface area contributed by atoms with Crippen LogP contribution in [0.3, 0.4) is 0 Å². The lowest BCUT2D eigenvalue weighted by atomic mass is 9.94. The predicted octanol–water partition coefficient (Wildman–Crippen LogP) is 4.30. The Morgan fingerprint density at radius 2 is 0.966 bits per heavy atom. The molecule has 2 aromatic carbocycles. The van der Waals surface area contributed by atoms with E-state index in [2.05, 4.69) is 0 Å². The summed E-state index contributed by atoms with van der Waals surface area (Å²) >= 11 is 0. The Balaban J connectivity index is 2.79. The molecule has 0 unspecified atom stereocenters. The highest BCUT2D eigenvalue weighted by atomic mass is 16.5. The van der Waals surface area contributed by atoms with Crippen LogP contribution in [0.1, 0.15) is 18.1 Å². The highest BCUT2D eigenvalue weighted by molar-refractivity contribution is 5.90. The largest absolute Gasteiger partial charge is 0.492 e. The zero-order chi connectivity index (χ0) is 21.7. The lowest BCUT2D eigenvalue weighted by molar-refractivity contribution is 0.353. The van der Waals surface area contributed by atoms with E-state index in [1.807, 2.05) is 75.3 Å². The fourth-order valence-corrected chi connectivity index (χ4v) is 3.49. The van der Waals surface area contributed by atoms with Crippen LogP contribution in [-0.4, -0.2) is 56.6 Å². The number of nitrogens with zero attached hydrogens (tertiary/aromatic N) is 2. The Kier molecular flexibility index (Phi) is 7.26. The van der Waals surface area contributed by atoms with E-state index in [4.69, 9.17) is 18.9 Å². The van der Waals surface area contributed by atoms with Crippen molar-refractivity contribution >= 4 is 16.9 Å². The highest BCUT2D eigenvalue weighted by Crippen LogP contribution is 2.48. The van der Waals surface area contributed by atoms with Gasteiger partial charge in [0, 0.05) is 39.3 Å². The van der Waals surface area contributed by atoms with Gasteiger partial charge in [0.15, 0.2) is 23.0 Å². The van der Waals surface area contributed by atoms with Crippen molar-refractivity contribution in [3.8, 4) is 23.0 Å². The summed E-state index contributed by atoms with van der Waals surface area (Å²) in [7, 11) is 14.5. The summed E-state index contributed by atoms with van der Waals surface area (Å²) in [5, 5.41) is 0. The first-order chi connectivity index (χ1) is 13.9. The Morgan fingerprint density at radius 3 is 1.21 bits per heavy atom. The smallest absolute Gasteiger partial charge is 0.184 e. The molecule has 0 N–H and O–H groups in total. The number of hydrogen-bond acceptors (Lipinski definition) is 6. The Bertz CT molecular complexity index is 819. The van der Waals surface area contributed by atoms with Crippen molar-refractivity contribution in [1.29, 1.82) is 0 Å². The van der Waals surface area contributed by atoms with Gasteiger partial charge in [0.1, 0.15) is 0 Å². The molecule has 2 rings (SSSR count). The highest BCUT2D eigenvalue weighted by Gasteiger charge is 2.24. The molecule has 0 fully saturated rings. The molecule has 0 saturated heterocycles. The van der Waals surface area contributed by atoms with Crippen LogP contribution in [0.25, 0.3) is 5.57 Å². The van der Waals surface area contributed by atoms with Crippen molar-refractivity contribution in [2.45, 2.75) is 6.92 Å². The van der Waals surface area contributed by atoms with Crippen LogP contribution < -0.4 is 28.7 Å². The number of methoxy groups -OCH3 is 4. The number of rotatable bonds is 8. The lowest BCUT2D eigenvalue weighted by Gasteiger charge is -2.24. The van der Waals surface area contributed by atoms with E-state index < -0.39 is 0 Å². The first kappa shape index (κ1) is 22.3. The molecule has 0 amide bonds. The van der Waals surface area contributed by atoms with Gasteiger partial charge in [-0.1, -0.05) is 6.08 Å². The van der Waals surface area contributed by atoms with Gasteiger partial charge < -0.3 is 28.7 Å². The van der Waals surface area contributed by atoms with Crippen molar-refractivity contribution in [2.75, 3.05) is 66.4 Å². The maximum absolute atomic E-state index is 5.78. The second-order valence-electron chi connectivity index (χ2n) is 6.89. The summed E-state index contributed by atoms with van der Waals surface area (Å²) in [6, 6.07) is 8.13. The van der Waals surface area contributed by atoms with Crippen molar-refractivity contribution in [3.05, 3.63) is 41.5 Å². The van der Waals surface area contributed by atoms with Crippen LogP contribution >= 0.6 is 0 Å². The average molecular weight is 401 g/mol. The van der Waals surface area contributed by atoms with Crippen molar-refractivity contribution in [1.82, 2.24) is 0 Å². The Labute approximate surface area is 174 Å². The molecule has 0 saturated carbocycles. The second kappa shape index (κ2) is 9.45. The third-order valence-corrected chi connectivity index (χ3v) is 4.83. The van der Waals surface area contributed by atoms with E-state index in [1.54, 1.807) is 28.4 Å². The monoisotopic (exact) mass is 400 g/mol. The average Bonchev–Trinajstić information content (AvgIpc) is 2.72. The van der Waals surface area contributed by atoms with Gasteiger partial charge in [-0.3, -0.25) is 0 Å². The Hall–Kier alpha value is -3.02. The summed E-state index contributed by atoms with van der Waals surface area (Å²) in [6.07, 6.45) is 2.04. The Morgan fingerprint density at radius 1 is 0.621 bits per heavy atom. The molecule has 29 heavy (non-hydrogen) atoms. The number of anilines is 2. The number of benzene rings is 2. The van der Waals surface area contributed by atoms with Crippen LogP contribution in [0.2, 0.25) is 0 Å². The molecule has 0 aliphatic heterocycles. The van der Waals surface area contributed by atoms with Gasteiger partial charge in [0.05, 0.1) is 39.8 Å². The molecule has 0 radical (unpaired) electrons. The number of hydrogen-bond donors (Lipinski definition) is 0. The molecule has 6 nitrogen and oxygen atoms in total. The normalized spacial score (nSPS) is 10.2. The molecule has 2 aromatic rings. The standard InChI is InChI=1S/C23H32N2O4/c1-10-15(16-11-13-18(24(2)3)22(28-8)20(16)26-6)17-12-14-19(25(4)5)23(29-9)21(17)27-7/h10-14H,1-9H3. The molecule has 0 aliphatic rings. The molecule has 0 atom stereocenters. The van der Waals surface area contributed by atoms with Crippen LogP contribution in [0, 0.1) is 0 Å². The summed E-state index contributed by atoms with van der Waals surface area (Å²) in [5.41, 5.74) is 4.67. The quantitative estimate of drug-likeness (QED) is 0.658. The van der Waals surface area contributed by atoms with Crippen molar-refractivity contribution < 1.29 is 18.9 Å². The molecule has 0 spiro atoms. The van der Waals surface area contributed by atoms with Gasteiger partial charge in [-0.2, -0.15) is 0 Å². The molecule has 6 heteroatoms. The maximum Gasteiger partial charge on any atom is 0.184 e. The first-order valence-electron chi connectivity index (χ1n) is 9.37. The molecular formula is C23H32N2O4. The fraction of sp³-hybridized carbons (Fsp3) is 0.391. The molecule has 0 aliphatic carbocycles. The molecule has 0 aromatic heterocycles. The first-order valence-corrected chi connectivity index (χ1v) is 9.37. The zero-order valence-electron chi connectivity index (χ0n) is 18.9. The van der Waals surface area contributed by atoms with E-state index in [-0.39, 0.29) is 0 Å². The fourth-order valence-electron chi connectivity index (χ4n) is 3.49. The molecular weight excluding hydrogens is 368 g/mol. The van der Waals surface area contributed by atoms with Crippen molar-refractivity contribution in [2.24, 2.45) is 0 Å². The van der Waals surface area contributed by atoms with Gasteiger partial charge in [-0.25, -0.2) is 0 Å². The lowest BCUT2D eigenvalue weighted by Crippen LogP contribution is -2.12. The van der Waals surface area contributed by atoms with E-state index >= 15 is 0 Å². The summed E-state index contributed by atoms with van der Waals surface area (Å²) in [4.78, 5) is 3.99. The van der Waals surface area contributed by atoms with E-state index in [0.29, 0.717) is 23.0 Å². The molecule has 158 valence electrons. The molecule has 0 heterocycles. The second-order valence-corrected chi connectivity index (χ2v) is 6.89. The topological polar surface area (TPSA) is 43.4 Å². The summed E-state index contributed by atoms with van der Waals surface area (Å²) in [6.45, 7) is 1.99. The summed E-state index contributed by atoms with van der Waals surface area (Å²) < 4.78 is 23.0. The van der Waals surface area contributed by atoms with Crippen LogP contribution in [-0.2, 0) is 0 Å². The maximum atomic E-state index is 5.78. The SMILES string of the molecule is CC=C(c1ccc(N(C)C)c(OC)c1OC)c1ccc(N(C)C)c(OC)c1OC. The third-order valence-electron chi connectivity index (χ3n) is 4.83. The van der Waals surface area contributed by atoms with Gasteiger partial charge >= 0.3 is 0 Å². The van der Waals surface area contributed by atoms with Crippen LogP contribution in [0.5, 0.6) is 23.0 Å². The van der Waals surface area contributed by atoms with Crippen molar-refractivity contribution in [3.63, 3.8) is 0 Å². The van der Waals surface area contributed by atoms with Gasteiger partial charge in [0.25, 0.3) is 0 Å². The van der Waals surface area contributed by atoms with E-state index in [9.17, 15) is 0 Å². The minimum absolute atomic E-state index is 0.671.